The maximum absolute atomic E-state index is 8.84. The summed E-state index contributed by atoms with van der Waals surface area (Å²) in [6, 6.07) is 1.66. The number of ether oxygens (including phenoxy) is 2. The van der Waals surface area contributed by atoms with Crippen molar-refractivity contribution < 1.29 is 14.7 Å². The third-order valence-corrected chi connectivity index (χ3v) is 2.73. The highest BCUT2D eigenvalue weighted by atomic mass is 16.5. The van der Waals surface area contributed by atoms with E-state index in [9.17, 15) is 0 Å². The molecular formula is C12H21N5O3. The third kappa shape index (κ3) is 4.63. The first kappa shape index (κ1) is 16.1. The second-order valence-corrected chi connectivity index (χ2v) is 4.08. The number of aromatic nitrogens is 2. The molecular weight excluding hydrogens is 262 g/mol. The van der Waals surface area contributed by atoms with Crippen LogP contribution in [0.25, 0.3) is 0 Å². The Kier molecular flexibility index (Phi) is 7.30. The summed E-state index contributed by atoms with van der Waals surface area (Å²) in [4.78, 5) is 1.98. The van der Waals surface area contributed by atoms with Crippen molar-refractivity contribution in [1.29, 1.82) is 0 Å². The lowest BCUT2D eigenvalue weighted by molar-refractivity contribution is 0.191. The van der Waals surface area contributed by atoms with Gasteiger partial charge in [0.05, 0.1) is 18.4 Å². The molecule has 1 aromatic heterocycles. The fourth-order valence-electron chi connectivity index (χ4n) is 1.74. The van der Waals surface area contributed by atoms with E-state index in [-0.39, 0.29) is 5.84 Å². The second kappa shape index (κ2) is 9.05. The summed E-state index contributed by atoms with van der Waals surface area (Å²) in [6.45, 7) is 2.52. The van der Waals surface area contributed by atoms with Gasteiger partial charge in [0.15, 0.2) is 11.7 Å². The van der Waals surface area contributed by atoms with Crippen molar-refractivity contribution in [1.82, 2.24) is 10.2 Å². The molecule has 0 saturated carbocycles. The molecule has 20 heavy (non-hydrogen) atoms. The predicted molar refractivity (Wildman–Crippen MR) is 75.1 cm³/mol. The van der Waals surface area contributed by atoms with Crippen LogP contribution in [0.1, 0.15) is 12.0 Å². The van der Waals surface area contributed by atoms with E-state index in [1.807, 2.05) is 4.90 Å². The van der Waals surface area contributed by atoms with E-state index in [2.05, 4.69) is 15.4 Å². The van der Waals surface area contributed by atoms with Crippen molar-refractivity contribution in [3.63, 3.8) is 0 Å². The van der Waals surface area contributed by atoms with Gasteiger partial charge in [0.25, 0.3) is 0 Å². The summed E-state index contributed by atoms with van der Waals surface area (Å²) in [5.41, 5.74) is 6.20. The van der Waals surface area contributed by atoms with Crippen LogP contribution in [0.4, 0.5) is 5.82 Å². The van der Waals surface area contributed by atoms with Gasteiger partial charge < -0.3 is 25.3 Å². The second-order valence-electron chi connectivity index (χ2n) is 4.08. The Morgan fingerprint density at radius 3 is 2.75 bits per heavy atom. The molecule has 1 aromatic rings. The Morgan fingerprint density at radius 2 is 2.10 bits per heavy atom. The Morgan fingerprint density at radius 1 is 1.35 bits per heavy atom. The average molecular weight is 283 g/mol. The molecule has 112 valence electrons. The molecule has 1 rings (SSSR count). The molecule has 0 spiro atoms. The topological polar surface area (TPSA) is 106 Å². The summed E-state index contributed by atoms with van der Waals surface area (Å²) in [6.07, 6.45) is 2.33. The van der Waals surface area contributed by atoms with E-state index < -0.39 is 0 Å². The van der Waals surface area contributed by atoms with Gasteiger partial charge in [0.1, 0.15) is 0 Å². The van der Waals surface area contributed by atoms with Crippen molar-refractivity contribution in [3.8, 4) is 0 Å². The summed E-state index contributed by atoms with van der Waals surface area (Å²) < 4.78 is 10.1. The number of nitrogens with two attached hydrogens (primary N) is 1. The zero-order valence-corrected chi connectivity index (χ0v) is 11.8. The number of hydrogen-bond acceptors (Lipinski definition) is 7. The van der Waals surface area contributed by atoms with Crippen LogP contribution in [0, 0.1) is 0 Å². The molecule has 0 aliphatic carbocycles. The lowest BCUT2D eigenvalue weighted by Gasteiger charge is -2.24. The average Bonchev–Trinajstić information content (AvgIpc) is 2.50. The molecule has 3 N–H and O–H groups in total. The number of nitrogens with zero attached hydrogens (tertiary/aromatic N) is 4. The minimum atomic E-state index is 0.00376. The van der Waals surface area contributed by atoms with Crippen molar-refractivity contribution in [2.45, 2.75) is 6.42 Å². The van der Waals surface area contributed by atoms with Gasteiger partial charge >= 0.3 is 0 Å². The summed E-state index contributed by atoms with van der Waals surface area (Å²) in [5.74, 6) is 0.569. The maximum atomic E-state index is 8.84. The standard InChI is InChI=1S/C12H21N5O3/c1-19-8-3-6-17(7-9-20-2)12-10(11(13)16-18)4-5-14-15-12/h4-5,18H,3,6-9H2,1-2H3,(H2,13,16). The van der Waals surface area contributed by atoms with E-state index in [4.69, 9.17) is 20.4 Å². The largest absolute Gasteiger partial charge is 0.409 e. The molecule has 0 bridgehead atoms. The summed E-state index contributed by atoms with van der Waals surface area (Å²) >= 11 is 0. The number of hydrogen-bond donors (Lipinski definition) is 2. The van der Waals surface area contributed by atoms with Crippen LogP contribution in [0.5, 0.6) is 0 Å². The fraction of sp³-hybridized carbons (Fsp3) is 0.583. The Hall–Kier alpha value is -1.93. The first-order valence-electron chi connectivity index (χ1n) is 6.27. The third-order valence-electron chi connectivity index (χ3n) is 2.73. The fourth-order valence-corrected chi connectivity index (χ4v) is 1.74. The molecule has 0 unspecified atom stereocenters. The van der Waals surface area contributed by atoms with Crippen LogP contribution < -0.4 is 10.6 Å². The van der Waals surface area contributed by atoms with Crippen LogP contribution in [0.2, 0.25) is 0 Å². The lowest BCUT2D eigenvalue weighted by atomic mass is 10.2. The van der Waals surface area contributed by atoms with Gasteiger partial charge in [-0.3, -0.25) is 0 Å². The first-order chi connectivity index (χ1) is 9.74. The summed E-state index contributed by atoms with van der Waals surface area (Å²) in [5, 5.41) is 19.8. The highest BCUT2D eigenvalue weighted by molar-refractivity contribution is 6.01. The lowest BCUT2D eigenvalue weighted by Crippen LogP contribution is -2.32. The van der Waals surface area contributed by atoms with Crippen LogP contribution in [-0.4, -0.2) is 61.8 Å². The van der Waals surface area contributed by atoms with Gasteiger partial charge in [-0.2, -0.15) is 5.10 Å². The zero-order chi connectivity index (χ0) is 14.8. The Labute approximate surface area is 118 Å². The zero-order valence-electron chi connectivity index (χ0n) is 11.8. The molecule has 0 aromatic carbocycles. The highest BCUT2D eigenvalue weighted by Gasteiger charge is 2.15. The number of rotatable bonds is 9. The first-order valence-corrected chi connectivity index (χ1v) is 6.27. The molecule has 0 radical (unpaired) electrons. The summed E-state index contributed by atoms with van der Waals surface area (Å²) in [7, 11) is 3.29. The van der Waals surface area contributed by atoms with E-state index in [1.165, 1.54) is 6.20 Å². The molecule has 0 saturated heterocycles. The van der Waals surface area contributed by atoms with Crippen LogP contribution >= 0.6 is 0 Å². The SMILES string of the molecule is COCCCN(CCOC)c1nnccc1/C(N)=N/O. The molecule has 0 amide bonds. The normalized spacial score (nSPS) is 11.6. The van der Waals surface area contributed by atoms with Crippen LogP contribution in [-0.2, 0) is 9.47 Å². The van der Waals surface area contributed by atoms with E-state index in [0.717, 1.165) is 6.42 Å². The van der Waals surface area contributed by atoms with Gasteiger partial charge in [-0.05, 0) is 12.5 Å². The van der Waals surface area contributed by atoms with Crippen molar-refractivity contribution >= 4 is 11.7 Å². The number of methoxy groups -OCH3 is 2. The highest BCUT2D eigenvalue weighted by Crippen LogP contribution is 2.16. The van der Waals surface area contributed by atoms with Gasteiger partial charge in [-0.1, -0.05) is 5.16 Å². The molecule has 8 nitrogen and oxygen atoms in total. The molecule has 0 aliphatic heterocycles. The van der Waals surface area contributed by atoms with Gasteiger partial charge in [-0.15, -0.1) is 5.10 Å². The van der Waals surface area contributed by atoms with Crippen LogP contribution in [0.3, 0.4) is 0 Å². The maximum Gasteiger partial charge on any atom is 0.173 e. The van der Waals surface area contributed by atoms with Gasteiger partial charge in [-0.25, -0.2) is 0 Å². The monoisotopic (exact) mass is 283 g/mol. The minimum Gasteiger partial charge on any atom is -0.409 e. The number of amidine groups is 1. The van der Waals surface area contributed by atoms with E-state index in [1.54, 1.807) is 20.3 Å². The minimum absolute atomic E-state index is 0.00376. The van der Waals surface area contributed by atoms with Crippen LogP contribution in [0.15, 0.2) is 17.4 Å². The molecule has 0 aliphatic rings. The Balaban J connectivity index is 2.93. The molecule has 0 atom stereocenters. The number of oxime groups is 1. The van der Waals surface area contributed by atoms with Gasteiger partial charge in [0, 0.05) is 33.9 Å². The van der Waals surface area contributed by atoms with Crippen molar-refractivity contribution in [3.05, 3.63) is 17.8 Å². The molecule has 8 heteroatoms. The quantitative estimate of drug-likeness (QED) is 0.217. The van der Waals surface area contributed by atoms with Gasteiger partial charge in [0.2, 0.25) is 0 Å². The Bertz CT molecular complexity index is 427. The van der Waals surface area contributed by atoms with Crippen molar-refractivity contribution in [2.24, 2.45) is 10.9 Å². The molecule has 0 fully saturated rings. The smallest absolute Gasteiger partial charge is 0.173 e. The van der Waals surface area contributed by atoms with Crippen molar-refractivity contribution in [2.75, 3.05) is 45.4 Å². The van der Waals surface area contributed by atoms with E-state index >= 15 is 0 Å². The molecule has 1 heterocycles. The number of anilines is 1. The predicted octanol–water partition coefficient (Wildman–Crippen LogP) is 0.0604. The van der Waals surface area contributed by atoms with E-state index in [0.29, 0.717) is 37.7 Å².